The first-order valence-corrected chi connectivity index (χ1v) is 11.3. The van der Waals surface area contributed by atoms with E-state index in [1.807, 2.05) is 31.2 Å². The summed E-state index contributed by atoms with van der Waals surface area (Å²) in [5, 5.41) is 0. The number of esters is 1. The summed E-state index contributed by atoms with van der Waals surface area (Å²) < 4.78 is 38.3. The third-order valence-corrected chi connectivity index (χ3v) is 6.97. The van der Waals surface area contributed by atoms with E-state index >= 15 is 0 Å². The summed E-state index contributed by atoms with van der Waals surface area (Å²) >= 11 is 0. The minimum atomic E-state index is -3.61. The number of benzene rings is 2. The Morgan fingerprint density at radius 1 is 1.00 bits per heavy atom. The molecule has 1 aliphatic heterocycles. The third-order valence-electron chi connectivity index (χ3n) is 4.93. The summed E-state index contributed by atoms with van der Waals surface area (Å²) in [6.07, 6.45) is 2.77. The van der Waals surface area contributed by atoms with Crippen LogP contribution in [0.1, 0.15) is 40.7 Å². The normalized spacial score (nSPS) is 15.1. The molecule has 6 nitrogen and oxygen atoms in total. The highest BCUT2D eigenvalue weighted by molar-refractivity contribution is 7.89. The predicted molar refractivity (Wildman–Crippen MR) is 111 cm³/mol. The second-order valence-corrected chi connectivity index (χ2v) is 9.15. The van der Waals surface area contributed by atoms with Crippen LogP contribution >= 0.6 is 0 Å². The number of carbonyl (C=O) groups excluding carboxylic acids is 1. The maximum absolute atomic E-state index is 13.0. The monoisotopic (exact) mass is 417 g/mol. The van der Waals surface area contributed by atoms with Gasteiger partial charge in [-0.1, -0.05) is 24.6 Å². The molecule has 29 heavy (non-hydrogen) atoms. The van der Waals surface area contributed by atoms with Crippen LogP contribution in [-0.4, -0.2) is 45.0 Å². The van der Waals surface area contributed by atoms with Crippen molar-refractivity contribution in [2.75, 3.05) is 26.3 Å². The van der Waals surface area contributed by atoms with Gasteiger partial charge < -0.3 is 9.47 Å². The highest BCUT2D eigenvalue weighted by atomic mass is 32.2. The van der Waals surface area contributed by atoms with Gasteiger partial charge in [-0.15, -0.1) is 0 Å². The summed E-state index contributed by atoms with van der Waals surface area (Å²) in [5.41, 5.74) is 1.93. The van der Waals surface area contributed by atoms with Crippen LogP contribution < -0.4 is 4.74 Å². The van der Waals surface area contributed by atoms with Crippen molar-refractivity contribution < 1.29 is 22.7 Å². The lowest BCUT2D eigenvalue weighted by Gasteiger charge is -2.26. The summed E-state index contributed by atoms with van der Waals surface area (Å²) in [6, 6.07) is 12.3. The molecule has 0 unspecified atom stereocenters. The van der Waals surface area contributed by atoms with Gasteiger partial charge in [0.2, 0.25) is 10.0 Å². The van der Waals surface area contributed by atoms with Crippen molar-refractivity contribution in [2.24, 2.45) is 0 Å². The lowest BCUT2D eigenvalue weighted by molar-refractivity contribution is 0.0450. The standard InChI is InChI=1S/C22H27NO5S/c1-17-7-6-8-20(15-17)27-13-14-28-22(24)19-10-9-18(2)21(16-19)29(25,26)23-11-4-3-5-12-23/h6-10,15-16H,3-5,11-14H2,1-2H3. The molecule has 1 saturated heterocycles. The van der Waals surface area contributed by atoms with Crippen LogP contribution in [0.2, 0.25) is 0 Å². The fourth-order valence-electron chi connectivity index (χ4n) is 3.33. The van der Waals surface area contributed by atoms with Crippen LogP contribution in [0.5, 0.6) is 5.75 Å². The quantitative estimate of drug-likeness (QED) is 0.507. The number of piperidine rings is 1. The number of hydrogen-bond donors (Lipinski definition) is 0. The van der Waals surface area contributed by atoms with E-state index in [2.05, 4.69) is 0 Å². The molecular formula is C22H27NO5S. The molecule has 0 N–H and O–H groups in total. The number of nitrogens with zero attached hydrogens (tertiary/aromatic N) is 1. The average Bonchev–Trinajstić information content (AvgIpc) is 2.72. The average molecular weight is 418 g/mol. The number of sulfonamides is 1. The summed E-state index contributed by atoms with van der Waals surface area (Å²) in [6.45, 7) is 5.05. The second kappa shape index (κ2) is 9.41. The van der Waals surface area contributed by atoms with Gasteiger partial charge in [-0.05, 0) is 62.1 Å². The molecule has 0 spiro atoms. The van der Waals surface area contributed by atoms with Gasteiger partial charge in [0, 0.05) is 13.1 Å². The predicted octanol–water partition coefficient (Wildman–Crippen LogP) is 3.71. The number of ether oxygens (including phenoxy) is 2. The molecule has 0 aromatic heterocycles. The van der Waals surface area contributed by atoms with Crippen molar-refractivity contribution in [1.29, 1.82) is 0 Å². The molecule has 156 valence electrons. The van der Waals surface area contributed by atoms with Crippen molar-refractivity contribution in [2.45, 2.75) is 38.0 Å². The molecule has 0 amide bonds. The Bertz CT molecular complexity index is 965. The minimum absolute atomic E-state index is 0.0782. The summed E-state index contributed by atoms with van der Waals surface area (Å²) in [5.74, 6) is 0.152. The van der Waals surface area contributed by atoms with E-state index in [0.29, 0.717) is 24.4 Å². The Labute approximate surface area is 172 Å². The Kier molecular flexibility index (Phi) is 6.92. The number of aryl methyl sites for hydroxylation is 2. The smallest absolute Gasteiger partial charge is 0.338 e. The molecule has 1 heterocycles. The number of rotatable bonds is 7. The molecule has 0 saturated carbocycles. The summed E-state index contributed by atoms with van der Waals surface area (Å²) in [7, 11) is -3.61. The lowest BCUT2D eigenvalue weighted by Crippen LogP contribution is -2.36. The van der Waals surface area contributed by atoms with E-state index in [-0.39, 0.29) is 23.7 Å². The van der Waals surface area contributed by atoms with Crippen LogP contribution in [0.4, 0.5) is 0 Å². The van der Waals surface area contributed by atoms with Gasteiger partial charge in [-0.3, -0.25) is 0 Å². The lowest BCUT2D eigenvalue weighted by atomic mass is 10.1. The molecule has 1 aliphatic rings. The topological polar surface area (TPSA) is 72.9 Å². The van der Waals surface area contributed by atoms with E-state index in [0.717, 1.165) is 24.8 Å². The van der Waals surface area contributed by atoms with Gasteiger partial charge in [0.1, 0.15) is 19.0 Å². The molecule has 7 heteroatoms. The van der Waals surface area contributed by atoms with Crippen molar-refractivity contribution in [3.63, 3.8) is 0 Å². The van der Waals surface area contributed by atoms with Crippen molar-refractivity contribution in [1.82, 2.24) is 4.31 Å². The van der Waals surface area contributed by atoms with Gasteiger partial charge in [-0.2, -0.15) is 4.31 Å². The third kappa shape index (κ3) is 5.36. The highest BCUT2D eigenvalue weighted by Gasteiger charge is 2.28. The van der Waals surface area contributed by atoms with E-state index in [4.69, 9.17) is 9.47 Å². The Balaban J connectivity index is 1.63. The van der Waals surface area contributed by atoms with Crippen molar-refractivity contribution in [3.8, 4) is 5.75 Å². The van der Waals surface area contributed by atoms with Crippen LogP contribution in [-0.2, 0) is 14.8 Å². The maximum atomic E-state index is 13.0. The van der Waals surface area contributed by atoms with E-state index < -0.39 is 16.0 Å². The van der Waals surface area contributed by atoms with Gasteiger partial charge in [0.05, 0.1) is 10.5 Å². The Hall–Kier alpha value is -2.38. The van der Waals surface area contributed by atoms with Crippen LogP contribution in [0.3, 0.4) is 0 Å². The zero-order chi connectivity index (χ0) is 20.9. The second-order valence-electron chi connectivity index (χ2n) is 7.25. The first-order valence-electron chi connectivity index (χ1n) is 9.85. The van der Waals surface area contributed by atoms with E-state index in [1.54, 1.807) is 19.1 Å². The number of carbonyl (C=O) groups is 1. The molecule has 2 aromatic rings. The van der Waals surface area contributed by atoms with Crippen LogP contribution in [0.15, 0.2) is 47.4 Å². The zero-order valence-corrected chi connectivity index (χ0v) is 17.7. The molecule has 3 rings (SSSR count). The first-order chi connectivity index (χ1) is 13.9. The molecule has 0 aliphatic carbocycles. The molecular weight excluding hydrogens is 390 g/mol. The van der Waals surface area contributed by atoms with Gasteiger partial charge in [0.15, 0.2) is 0 Å². The SMILES string of the molecule is Cc1cccc(OCCOC(=O)c2ccc(C)c(S(=O)(=O)N3CCCCC3)c2)c1. The van der Waals surface area contributed by atoms with Gasteiger partial charge in [-0.25, -0.2) is 13.2 Å². The molecule has 1 fully saturated rings. The fourth-order valence-corrected chi connectivity index (χ4v) is 5.10. The molecule has 0 bridgehead atoms. The van der Waals surface area contributed by atoms with Crippen molar-refractivity contribution in [3.05, 3.63) is 59.2 Å². The molecule has 2 aromatic carbocycles. The van der Waals surface area contributed by atoms with Crippen LogP contribution in [0.25, 0.3) is 0 Å². The summed E-state index contributed by atoms with van der Waals surface area (Å²) in [4.78, 5) is 12.6. The minimum Gasteiger partial charge on any atom is -0.490 e. The van der Waals surface area contributed by atoms with E-state index in [9.17, 15) is 13.2 Å². The highest BCUT2D eigenvalue weighted by Crippen LogP contribution is 2.24. The first kappa shape index (κ1) is 21.3. The maximum Gasteiger partial charge on any atom is 0.338 e. The largest absolute Gasteiger partial charge is 0.490 e. The zero-order valence-electron chi connectivity index (χ0n) is 16.9. The van der Waals surface area contributed by atoms with E-state index in [1.165, 1.54) is 10.4 Å². The molecule has 0 atom stereocenters. The van der Waals surface area contributed by atoms with Crippen LogP contribution in [0, 0.1) is 13.8 Å². The molecule has 0 radical (unpaired) electrons. The van der Waals surface area contributed by atoms with Gasteiger partial charge >= 0.3 is 5.97 Å². The Morgan fingerprint density at radius 3 is 2.48 bits per heavy atom. The fraction of sp³-hybridized carbons (Fsp3) is 0.409. The van der Waals surface area contributed by atoms with Gasteiger partial charge in [0.25, 0.3) is 0 Å². The number of hydrogen-bond acceptors (Lipinski definition) is 5. The Morgan fingerprint density at radius 2 is 1.76 bits per heavy atom. The van der Waals surface area contributed by atoms with Crippen molar-refractivity contribution >= 4 is 16.0 Å².